The van der Waals surface area contributed by atoms with Crippen LogP contribution in [0.25, 0.3) is 0 Å². The van der Waals surface area contributed by atoms with Crippen molar-refractivity contribution in [2.45, 2.75) is 25.4 Å². The number of hydrogen-bond acceptors (Lipinski definition) is 2. The third-order valence-electron chi connectivity index (χ3n) is 2.98. The van der Waals surface area contributed by atoms with Gasteiger partial charge in [-0.15, -0.1) is 0 Å². The summed E-state index contributed by atoms with van der Waals surface area (Å²) >= 11 is 0. The minimum atomic E-state index is -0.680. The predicted molar refractivity (Wildman–Crippen MR) is 64.1 cm³/mol. The zero-order valence-corrected chi connectivity index (χ0v) is 10.2. The molecule has 1 heterocycles. The Morgan fingerprint density at radius 2 is 2.00 bits per heavy atom. The zero-order valence-electron chi connectivity index (χ0n) is 9.42. The molecule has 0 amide bonds. The molecule has 0 atom stereocenters. The Balaban J connectivity index is 1.87. The third-order valence-corrected chi connectivity index (χ3v) is 4.37. The Kier molecular flexibility index (Phi) is 4.23. The van der Waals surface area contributed by atoms with Crippen molar-refractivity contribution < 1.29 is 13.0 Å². The van der Waals surface area contributed by atoms with Gasteiger partial charge in [-0.05, 0) is 18.9 Å². The molecule has 1 N–H and O–H groups in total. The van der Waals surface area contributed by atoms with E-state index in [0.717, 1.165) is 18.9 Å². The summed E-state index contributed by atoms with van der Waals surface area (Å²) in [6.45, 7) is 0.392. The monoisotopic (exact) mass is 259 g/mol. The van der Waals surface area contributed by atoms with Crippen molar-refractivity contribution in [3.05, 3.63) is 35.4 Å². The van der Waals surface area contributed by atoms with Gasteiger partial charge in [0.05, 0.1) is 0 Å². The molecule has 0 spiro atoms. The van der Waals surface area contributed by atoms with Gasteiger partial charge in [-0.2, -0.15) is 0 Å². The third kappa shape index (κ3) is 3.57. The minimum absolute atomic E-state index is 0.289. The van der Waals surface area contributed by atoms with E-state index < -0.39 is 22.4 Å². The predicted octanol–water partition coefficient (Wildman–Crippen LogP) is 1.97. The second-order valence-corrected chi connectivity index (χ2v) is 5.94. The van der Waals surface area contributed by atoms with E-state index in [-0.39, 0.29) is 6.04 Å². The minimum Gasteiger partial charge on any atom is -0.310 e. The molecule has 5 heteroatoms. The molecule has 2 nitrogen and oxygen atoms in total. The van der Waals surface area contributed by atoms with E-state index in [1.165, 1.54) is 12.1 Å². The molecule has 1 aliphatic rings. The Hall–Kier alpha value is -0.810. The van der Waals surface area contributed by atoms with Crippen LogP contribution in [0.1, 0.15) is 18.4 Å². The zero-order chi connectivity index (χ0) is 12.3. The molecule has 0 unspecified atom stereocenters. The van der Waals surface area contributed by atoms with E-state index in [9.17, 15) is 13.0 Å². The highest BCUT2D eigenvalue weighted by Crippen LogP contribution is 2.12. The summed E-state index contributed by atoms with van der Waals surface area (Å²) in [4.78, 5) is 0. The van der Waals surface area contributed by atoms with E-state index in [4.69, 9.17) is 0 Å². The van der Waals surface area contributed by atoms with Crippen molar-refractivity contribution in [2.75, 3.05) is 11.5 Å². The molecular formula is C12H15F2NOS. The van der Waals surface area contributed by atoms with Gasteiger partial charge in [0.2, 0.25) is 0 Å². The van der Waals surface area contributed by atoms with Crippen molar-refractivity contribution in [1.82, 2.24) is 5.32 Å². The summed E-state index contributed by atoms with van der Waals surface area (Å²) in [7, 11) is -0.680. The summed E-state index contributed by atoms with van der Waals surface area (Å²) in [6, 6.07) is 3.90. The van der Waals surface area contributed by atoms with Crippen molar-refractivity contribution in [3.8, 4) is 0 Å². The first-order valence-electron chi connectivity index (χ1n) is 5.67. The standard InChI is InChI=1S/C12H15F2NOS/c13-10-2-1-9(12(14)7-10)8-15-11-3-5-17(16)6-4-11/h1-2,7,11,15H,3-6,8H2. The van der Waals surface area contributed by atoms with Crippen molar-refractivity contribution in [2.24, 2.45) is 0 Å². The van der Waals surface area contributed by atoms with Crippen molar-refractivity contribution in [3.63, 3.8) is 0 Å². The van der Waals surface area contributed by atoms with E-state index >= 15 is 0 Å². The van der Waals surface area contributed by atoms with Gasteiger partial charge in [-0.1, -0.05) is 6.07 Å². The highest BCUT2D eigenvalue weighted by molar-refractivity contribution is 7.85. The van der Waals surface area contributed by atoms with Crippen LogP contribution in [0.5, 0.6) is 0 Å². The maximum Gasteiger partial charge on any atom is 0.130 e. The van der Waals surface area contributed by atoms with Crippen LogP contribution >= 0.6 is 0 Å². The first kappa shape index (κ1) is 12.6. The second-order valence-electron chi connectivity index (χ2n) is 4.24. The van der Waals surface area contributed by atoms with Gasteiger partial charge in [-0.25, -0.2) is 8.78 Å². The van der Waals surface area contributed by atoms with Gasteiger partial charge in [-0.3, -0.25) is 4.21 Å². The first-order chi connectivity index (χ1) is 8.15. The highest BCUT2D eigenvalue weighted by Gasteiger charge is 2.17. The van der Waals surface area contributed by atoms with Gasteiger partial charge in [0.1, 0.15) is 11.6 Å². The number of rotatable bonds is 3. The number of benzene rings is 1. The largest absolute Gasteiger partial charge is 0.310 e. The molecule has 0 aromatic heterocycles. The first-order valence-corrected chi connectivity index (χ1v) is 7.16. The summed E-state index contributed by atoms with van der Waals surface area (Å²) in [5.74, 6) is 0.351. The van der Waals surface area contributed by atoms with Gasteiger partial charge in [0.15, 0.2) is 0 Å². The lowest BCUT2D eigenvalue weighted by molar-refractivity contribution is 0.465. The lowest BCUT2D eigenvalue weighted by Crippen LogP contribution is -2.35. The van der Waals surface area contributed by atoms with E-state index in [1.807, 2.05) is 0 Å². The average Bonchev–Trinajstić information content (AvgIpc) is 2.30. The summed E-state index contributed by atoms with van der Waals surface area (Å²) < 4.78 is 37.2. The van der Waals surface area contributed by atoms with E-state index in [1.54, 1.807) is 0 Å². The molecule has 2 rings (SSSR count). The fraction of sp³-hybridized carbons (Fsp3) is 0.500. The quantitative estimate of drug-likeness (QED) is 0.899. The Labute approximate surface area is 102 Å². The molecule has 0 bridgehead atoms. The normalized spacial score (nSPS) is 24.8. The van der Waals surface area contributed by atoms with Crippen LogP contribution in [0.15, 0.2) is 18.2 Å². The Morgan fingerprint density at radius 3 is 2.65 bits per heavy atom. The molecule has 0 radical (unpaired) electrons. The smallest absolute Gasteiger partial charge is 0.130 e. The van der Waals surface area contributed by atoms with Gasteiger partial charge in [0, 0.05) is 46.5 Å². The molecular weight excluding hydrogens is 244 g/mol. The number of nitrogens with one attached hydrogen (secondary N) is 1. The summed E-state index contributed by atoms with van der Waals surface area (Å²) in [5, 5.41) is 3.22. The van der Waals surface area contributed by atoms with Gasteiger partial charge < -0.3 is 5.32 Å². The molecule has 0 saturated carbocycles. The number of halogens is 2. The number of hydrogen-bond donors (Lipinski definition) is 1. The fourth-order valence-corrected chi connectivity index (χ4v) is 3.22. The van der Waals surface area contributed by atoms with Crippen molar-refractivity contribution in [1.29, 1.82) is 0 Å². The Morgan fingerprint density at radius 1 is 1.29 bits per heavy atom. The van der Waals surface area contributed by atoms with E-state index in [2.05, 4.69) is 5.32 Å². The maximum atomic E-state index is 13.3. The van der Waals surface area contributed by atoms with Crippen molar-refractivity contribution >= 4 is 10.8 Å². The maximum absolute atomic E-state index is 13.3. The molecule has 94 valence electrons. The molecule has 0 aliphatic carbocycles. The molecule has 1 saturated heterocycles. The van der Waals surface area contributed by atoms with E-state index in [0.29, 0.717) is 23.6 Å². The fourth-order valence-electron chi connectivity index (χ4n) is 1.92. The van der Waals surface area contributed by atoms with Gasteiger partial charge >= 0.3 is 0 Å². The average molecular weight is 259 g/mol. The topological polar surface area (TPSA) is 29.1 Å². The molecule has 1 aromatic carbocycles. The molecule has 17 heavy (non-hydrogen) atoms. The van der Waals surface area contributed by atoms with Crippen LogP contribution in [-0.2, 0) is 17.3 Å². The summed E-state index contributed by atoms with van der Waals surface area (Å²) in [6.07, 6.45) is 1.71. The van der Waals surface area contributed by atoms with Gasteiger partial charge in [0.25, 0.3) is 0 Å². The molecule has 1 fully saturated rings. The molecule has 1 aliphatic heterocycles. The Bertz CT molecular complexity index is 415. The summed E-state index contributed by atoms with van der Waals surface area (Å²) in [5.41, 5.74) is 0.470. The SMILES string of the molecule is O=S1CCC(NCc2ccc(F)cc2F)CC1. The van der Waals surface area contributed by atoms with Crippen LogP contribution in [0.4, 0.5) is 8.78 Å². The highest BCUT2D eigenvalue weighted by atomic mass is 32.2. The molecule has 1 aromatic rings. The lowest BCUT2D eigenvalue weighted by atomic mass is 10.1. The van der Waals surface area contributed by atoms with Crippen LogP contribution < -0.4 is 5.32 Å². The van der Waals surface area contributed by atoms with Crippen LogP contribution in [0, 0.1) is 11.6 Å². The van der Waals surface area contributed by atoms with Crippen LogP contribution in [0.3, 0.4) is 0 Å². The van der Waals surface area contributed by atoms with Crippen LogP contribution in [-0.4, -0.2) is 21.8 Å². The lowest BCUT2D eigenvalue weighted by Gasteiger charge is -2.22. The second kappa shape index (κ2) is 5.69. The van der Waals surface area contributed by atoms with Crippen LogP contribution in [0.2, 0.25) is 0 Å².